The molecule has 0 bridgehead atoms. The van der Waals surface area contributed by atoms with E-state index in [0.29, 0.717) is 0 Å². The molecule has 0 N–H and O–H groups in total. The first-order valence-corrected chi connectivity index (χ1v) is 9.86. The summed E-state index contributed by atoms with van der Waals surface area (Å²) in [6, 6.07) is 8.33. The van der Waals surface area contributed by atoms with Crippen LogP contribution < -0.4 is 4.74 Å². The van der Waals surface area contributed by atoms with Gasteiger partial charge in [-0.25, -0.2) is 17.2 Å². The highest BCUT2D eigenvalue weighted by atomic mass is 32.2. The van der Waals surface area contributed by atoms with Crippen molar-refractivity contribution in [2.75, 3.05) is 19.8 Å². The molecule has 1 fully saturated rings. The summed E-state index contributed by atoms with van der Waals surface area (Å²) in [5.74, 6) is -2.46. The Balaban J connectivity index is 2.02. The predicted molar refractivity (Wildman–Crippen MR) is 90.8 cm³/mol. The molecule has 0 saturated carbocycles. The second-order valence-corrected chi connectivity index (χ2v) is 8.98. The van der Waals surface area contributed by atoms with E-state index in [-0.39, 0.29) is 42.4 Å². The normalized spacial score (nSPS) is 25.1. The molecule has 0 aromatic heterocycles. The Hall–Kier alpha value is -1.99. The fraction of sp³-hybridized carbons (Fsp3) is 0.368. The van der Waals surface area contributed by atoms with E-state index in [9.17, 15) is 17.2 Å². The summed E-state index contributed by atoms with van der Waals surface area (Å²) >= 11 is 0. The van der Waals surface area contributed by atoms with Crippen LogP contribution >= 0.6 is 0 Å². The molecule has 7 heteroatoms. The van der Waals surface area contributed by atoms with Gasteiger partial charge >= 0.3 is 0 Å². The SMILES string of the molecule is Cc1ccc(S(=O)(=O)[C@]23CCOC[C@H]2COc2c(F)ccc(F)c23)cc1. The number of sulfone groups is 1. The predicted octanol–water partition coefficient (Wildman–Crippen LogP) is 3.37. The average molecular weight is 380 g/mol. The Morgan fingerprint density at radius 2 is 1.73 bits per heavy atom. The number of hydrogen-bond donors (Lipinski definition) is 0. The molecule has 0 aliphatic carbocycles. The van der Waals surface area contributed by atoms with Gasteiger partial charge in [-0.15, -0.1) is 0 Å². The van der Waals surface area contributed by atoms with Crippen molar-refractivity contribution in [3.05, 3.63) is 59.2 Å². The maximum atomic E-state index is 14.8. The number of aryl methyl sites for hydroxylation is 1. The lowest BCUT2D eigenvalue weighted by molar-refractivity contribution is -0.00653. The molecular weight excluding hydrogens is 362 g/mol. The highest BCUT2D eigenvalue weighted by Crippen LogP contribution is 2.53. The van der Waals surface area contributed by atoms with Crippen LogP contribution in [0.2, 0.25) is 0 Å². The Kier molecular flexibility index (Phi) is 4.04. The van der Waals surface area contributed by atoms with Gasteiger partial charge in [-0.1, -0.05) is 17.7 Å². The summed E-state index contributed by atoms with van der Waals surface area (Å²) < 4.78 is 65.7. The van der Waals surface area contributed by atoms with Crippen molar-refractivity contribution >= 4 is 9.84 Å². The van der Waals surface area contributed by atoms with Crippen LogP contribution in [-0.2, 0) is 19.3 Å². The first-order chi connectivity index (χ1) is 12.4. The first kappa shape index (κ1) is 17.4. The summed E-state index contributed by atoms with van der Waals surface area (Å²) in [6.45, 7) is 2.07. The molecule has 2 aromatic carbocycles. The Labute approximate surface area is 150 Å². The lowest BCUT2D eigenvalue weighted by Gasteiger charge is -2.46. The minimum atomic E-state index is -4.02. The number of ether oxygens (including phenoxy) is 2. The van der Waals surface area contributed by atoms with Gasteiger partial charge in [0, 0.05) is 12.5 Å². The van der Waals surface area contributed by atoms with Crippen molar-refractivity contribution in [2.24, 2.45) is 5.92 Å². The molecule has 2 aliphatic rings. The monoisotopic (exact) mass is 380 g/mol. The zero-order valence-electron chi connectivity index (χ0n) is 14.2. The maximum Gasteiger partial charge on any atom is 0.189 e. The molecule has 2 heterocycles. The Morgan fingerprint density at radius 3 is 2.46 bits per heavy atom. The molecule has 0 amide bonds. The summed E-state index contributed by atoms with van der Waals surface area (Å²) in [5.41, 5.74) is 0.701. The second kappa shape index (κ2) is 6.03. The molecule has 0 unspecified atom stereocenters. The van der Waals surface area contributed by atoms with Crippen molar-refractivity contribution in [3.63, 3.8) is 0 Å². The van der Waals surface area contributed by atoms with Crippen LogP contribution in [0.1, 0.15) is 17.5 Å². The van der Waals surface area contributed by atoms with E-state index in [1.807, 2.05) is 6.92 Å². The molecule has 1 saturated heterocycles. The molecule has 2 aliphatic heterocycles. The van der Waals surface area contributed by atoms with Crippen molar-refractivity contribution in [1.82, 2.24) is 0 Å². The summed E-state index contributed by atoms with van der Waals surface area (Å²) in [6.07, 6.45) is 0.0462. The largest absolute Gasteiger partial charge is 0.490 e. The minimum absolute atomic E-state index is 0.0432. The van der Waals surface area contributed by atoms with E-state index < -0.39 is 32.1 Å². The van der Waals surface area contributed by atoms with Crippen molar-refractivity contribution in [3.8, 4) is 5.75 Å². The van der Waals surface area contributed by atoms with Gasteiger partial charge in [-0.3, -0.25) is 0 Å². The van der Waals surface area contributed by atoms with E-state index in [0.717, 1.165) is 17.7 Å². The fourth-order valence-electron chi connectivity index (χ4n) is 3.97. The van der Waals surface area contributed by atoms with Crippen molar-refractivity contribution < 1.29 is 26.7 Å². The number of benzene rings is 2. The van der Waals surface area contributed by atoms with E-state index in [1.54, 1.807) is 12.1 Å². The van der Waals surface area contributed by atoms with Crippen molar-refractivity contribution in [2.45, 2.75) is 23.0 Å². The third-order valence-electron chi connectivity index (χ3n) is 5.32. The van der Waals surface area contributed by atoms with Crippen LogP contribution in [0.4, 0.5) is 8.78 Å². The third kappa shape index (κ3) is 2.30. The van der Waals surface area contributed by atoms with Gasteiger partial charge in [0.2, 0.25) is 0 Å². The van der Waals surface area contributed by atoms with Gasteiger partial charge in [0.25, 0.3) is 0 Å². The lowest BCUT2D eigenvalue weighted by atomic mass is 9.79. The van der Waals surface area contributed by atoms with E-state index in [2.05, 4.69) is 0 Å². The number of fused-ring (bicyclic) bond motifs is 3. The molecule has 2 aromatic rings. The van der Waals surface area contributed by atoms with Crippen LogP contribution in [-0.4, -0.2) is 28.2 Å². The van der Waals surface area contributed by atoms with Gasteiger partial charge in [0.15, 0.2) is 21.4 Å². The lowest BCUT2D eigenvalue weighted by Crippen LogP contribution is -2.54. The second-order valence-electron chi connectivity index (χ2n) is 6.77. The quantitative estimate of drug-likeness (QED) is 0.802. The van der Waals surface area contributed by atoms with E-state index in [4.69, 9.17) is 9.47 Å². The molecule has 26 heavy (non-hydrogen) atoms. The van der Waals surface area contributed by atoms with Crippen LogP contribution in [0.25, 0.3) is 0 Å². The smallest absolute Gasteiger partial charge is 0.189 e. The number of halogens is 2. The summed E-state index contributed by atoms with van der Waals surface area (Å²) in [7, 11) is -4.02. The average Bonchev–Trinajstić information content (AvgIpc) is 2.64. The van der Waals surface area contributed by atoms with Gasteiger partial charge in [0.05, 0.1) is 23.7 Å². The van der Waals surface area contributed by atoms with Crippen LogP contribution in [0.5, 0.6) is 5.75 Å². The van der Waals surface area contributed by atoms with E-state index in [1.165, 1.54) is 12.1 Å². The summed E-state index contributed by atoms with van der Waals surface area (Å²) in [4.78, 5) is 0.0894. The third-order valence-corrected chi connectivity index (χ3v) is 7.91. The highest BCUT2D eigenvalue weighted by Gasteiger charge is 2.58. The first-order valence-electron chi connectivity index (χ1n) is 8.38. The standard InChI is InChI=1S/C19H18F2O4S/c1-12-2-4-14(5-3-12)26(22,23)19-8-9-24-10-13(19)11-25-18-16(21)7-6-15(20)17(18)19/h2-7,13H,8-11H2,1H3/t13-,19+/m0/s1. The molecule has 0 radical (unpaired) electrons. The highest BCUT2D eigenvalue weighted by molar-refractivity contribution is 7.92. The number of hydrogen-bond acceptors (Lipinski definition) is 4. The van der Waals surface area contributed by atoms with Gasteiger partial charge in [-0.05, 0) is 37.6 Å². The summed E-state index contributed by atoms with van der Waals surface area (Å²) in [5, 5.41) is 0. The molecule has 4 rings (SSSR count). The van der Waals surface area contributed by atoms with Crippen LogP contribution in [0.3, 0.4) is 0 Å². The molecular formula is C19H18F2O4S. The van der Waals surface area contributed by atoms with Gasteiger partial charge in [-0.2, -0.15) is 0 Å². The molecule has 138 valence electrons. The molecule has 0 spiro atoms. The molecule has 4 nitrogen and oxygen atoms in total. The zero-order chi connectivity index (χ0) is 18.5. The van der Waals surface area contributed by atoms with Gasteiger partial charge in [0.1, 0.15) is 10.6 Å². The van der Waals surface area contributed by atoms with Crippen LogP contribution in [0, 0.1) is 24.5 Å². The van der Waals surface area contributed by atoms with E-state index >= 15 is 0 Å². The molecule has 2 atom stereocenters. The van der Waals surface area contributed by atoms with Crippen molar-refractivity contribution in [1.29, 1.82) is 0 Å². The maximum absolute atomic E-state index is 14.8. The zero-order valence-corrected chi connectivity index (χ0v) is 15.0. The number of rotatable bonds is 2. The topological polar surface area (TPSA) is 52.6 Å². The Bertz CT molecular complexity index is 956. The minimum Gasteiger partial charge on any atom is -0.490 e. The fourth-order valence-corrected chi connectivity index (χ4v) is 6.27. The van der Waals surface area contributed by atoms with Crippen LogP contribution in [0.15, 0.2) is 41.3 Å². The Morgan fingerprint density at radius 1 is 1.04 bits per heavy atom. The van der Waals surface area contributed by atoms with Gasteiger partial charge < -0.3 is 9.47 Å².